The molecule has 1 aromatic rings. The number of hydrogen-bond acceptors (Lipinski definition) is 0. The fourth-order valence-electron chi connectivity index (χ4n) is 1.80. The highest BCUT2D eigenvalue weighted by Gasteiger charge is 2.17. The molecule has 0 aliphatic carbocycles. The van der Waals surface area contributed by atoms with Crippen molar-refractivity contribution < 1.29 is 4.58 Å². The van der Waals surface area contributed by atoms with Gasteiger partial charge in [-0.2, -0.15) is 0 Å². The van der Waals surface area contributed by atoms with Crippen LogP contribution in [0.15, 0.2) is 18.2 Å². The monoisotopic (exact) mass is 205 g/mol. The highest BCUT2D eigenvalue weighted by Crippen LogP contribution is 2.23. The van der Waals surface area contributed by atoms with E-state index in [1.807, 2.05) is 0 Å². The molecule has 2 heteroatoms. The molecule has 0 heterocycles. The zero-order chi connectivity index (χ0) is 11.6. The molecule has 0 amide bonds. The molecular weight excluding hydrogens is 184 g/mol. The number of amidine groups is 1. The van der Waals surface area contributed by atoms with Gasteiger partial charge < -0.3 is 0 Å². The minimum atomic E-state index is 1.24. The van der Waals surface area contributed by atoms with Gasteiger partial charge in [-0.1, -0.05) is 18.2 Å². The molecule has 15 heavy (non-hydrogen) atoms. The lowest BCUT2D eigenvalue weighted by molar-refractivity contribution is -0.465. The Hall–Kier alpha value is -1.31. The number of hydrogen-bond donors (Lipinski definition) is 0. The number of aryl methyl sites for hydroxylation is 2. The Kier molecular flexibility index (Phi) is 3.51. The molecule has 0 unspecified atom stereocenters. The summed E-state index contributed by atoms with van der Waals surface area (Å²) in [6.45, 7) is 6.44. The fourth-order valence-corrected chi connectivity index (χ4v) is 1.80. The van der Waals surface area contributed by atoms with Gasteiger partial charge in [0.1, 0.15) is 5.69 Å². The first-order valence-electron chi connectivity index (χ1n) is 5.26. The average Bonchev–Trinajstić information content (AvgIpc) is 2.15. The average molecular weight is 205 g/mol. The smallest absolute Gasteiger partial charge is 0.248 e. The molecule has 0 saturated heterocycles. The van der Waals surface area contributed by atoms with Crippen LogP contribution in [0.4, 0.5) is 5.69 Å². The van der Waals surface area contributed by atoms with Crippen LogP contribution in [0, 0.1) is 13.8 Å². The van der Waals surface area contributed by atoms with Gasteiger partial charge in [0.2, 0.25) is 5.84 Å². The SMILES string of the molecule is CC(N(C)c1c(C)cccc1C)=[N+](C)C. The lowest BCUT2D eigenvalue weighted by Gasteiger charge is -2.17. The maximum Gasteiger partial charge on any atom is 0.248 e. The molecule has 1 rings (SSSR count). The molecule has 0 atom stereocenters. The molecule has 0 bridgehead atoms. The minimum absolute atomic E-state index is 1.24. The molecule has 2 nitrogen and oxygen atoms in total. The van der Waals surface area contributed by atoms with Crippen LogP contribution in [0.25, 0.3) is 0 Å². The van der Waals surface area contributed by atoms with Gasteiger partial charge in [0.05, 0.1) is 21.1 Å². The Morgan fingerprint density at radius 2 is 1.60 bits per heavy atom. The van der Waals surface area contributed by atoms with Crippen LogP contribution >= 0.6 is 0 Å². The van der Waals surface area contributed by atoms with Crippen LogP contribution in [-0.4, -0.2) is 31.6 Å². The largest absolute Gasteiger partial charge is 0.271 e. The van der Waals surface area contributed by atoms with Crippen LogP contribution in [0.2, 0.25) is 0 Å². The molecule has 0 fully saturated rings. The summed E-state index contributed by atoms with van der Waals surface area (Å²) in [6, 6.07) is 6.41. The first-order valence-corrected chi connectivity index (χ1v) is 5.26. The molecule has 0 aliphatic heterocycles. The predicted octanol–water partition coefficient (Wildman–Crippen LogP) is 2.43. The van der Waals surface area contributed by atoms with Crippen molar-refractivity contribution in [2.45, 2.75) is 20.8 Å². The van der Waals surface area contributed by atoms with Crippen molar-refractivity contribution in [3.8, 4) is 0 Å². The van der Waals surface area contributed by atoms with Crippen LogP contribution in [0.1, 0.15) is 18.1 Å². The van der Waals surface area contributed by atoms with Crippen LogP contribution in [0.5, 0.6) is 0 Å². The molecule has 0 spiro atoms. The van der Waals surface area contributed by atoms with E-state index in [1.165, 1.54) is 22.6 Å². The van der Waals surface area contributed by atoms with Crippen molar-refractivity contribution in [2.24, 2.45) is 0 Å². The highest BCUT2D eigenvalue weighted by atomic mass is 15.2. The summed E-state index contributed by atoms with van der Waals surface area (Å²) >= 11 is 0. The molecule has 82 valence electrons. The van der Waals surface area contributed by atoms with E-state index in [-0.39, 0.29) is 0 Å². The topological polar surface area (TPSA) is 6.25 Å². The summed E-state index contributed by atoms with van der Waals surface area (Å²) in [5.41, 5.74) is 3.95. The van der Waals surface area contributed by atoms with E-state index in [9.17, 15) is 0 Å². The summed E-state index contributed by atoms with van der Waals surface area (Å²) in [5.74, 6) is 1.24. The van der Waals surface area contributed by atoms with Crippen LogP contribution in [0.3, 0.4) is 0 Å². The molecule has 0 radical (unpaired) electrons. The summed E-state index contributed by atoms with van der Waals surface area (Å²) in [4.78, 5) is 2.24. The number of rotatable bonds is 1. The third-order valence-electron chi connectivity index (χ3n) is 2.91. The summed E-state index contributed by atoms with van der Waals surface area (Å²) in [6.07, 6.45) is 0. The standard InChI is InChI=1S/C13H21N2/c1-10-8-7-9-11(2)13(10)15(6)12(3)14(4)5/h7-9H,1-6H3/q+1. The van der Waals surface area contributed by atoms with Gasteiger partial charge in [0.25, 0.3) is 0 Å². The second-order valence-corrected chi connectivity index (χ2v) is 4.24. The highest BCUT2D eigenvalue weighted by molar-refractivity contribution is 5.93. The van der Waals surface area contributed by atoms with E-state index in [4.69, 9.17) is 0 Å². The first kappa shape index (κ1) is 11.8. The fraction of sp³-hybridized carbons (Fsp3) is 0.462. The van der Waals surface area contributed by atoms with Gasteiger partial charge in [-0.05, 0) is 25.0 Å². The Bertz CT molecular complexity index is 367. The second kappa shape index (κ2) is 4.47. The van der Waals surface area contributed by atoms with Crippen molar-refractivity contribution >= 4 is 11.5 Å². The van der Waals surface area contributed by atoms with Gasteiger partial charge in [0, 0.05) is 6.92 Å². The van der Waals surface area contributed by atoms with E-state index in [2.05, 4.69) is 69.6 Å². The Morgan fingerprint density at radius 3 is 2.00 bits per heavy atom. The Morgan fingerprint density at radius 1 is 1.13 bits per heavy atom. The zero-order valence-corrected chi connectivity index (χ0v) is 10.6. The van der Waals surface area contributed by atoms with Gasteiger partial charge >= 0.3 is 0 Å². The van der Waals surface area contributed by atoms with E-state index in [0.29, 0.717) is 0 Å². The van der Waals surface area contributed by atoms with Crippen molar-refractivity contribution in [1.29, 1.82) is 0 Å². The molecular formula is C13H21N2+. The third-order valence-corrected chi connectivity index (χ3v) is 2.91. The quantitative estimate of drug-likeness (QED) is 0.388. The van der Waals surface area contributed by atoms with E-state index < -0.39 is 0 Å². The normalized spacial score (nSPS) is 10.0. The third kappa shape index (κ3) is 2.38. The Labute approximate surface area is 92.9 Å². The lowest BCUT2D eigenvalue weighted by Crippen LogP contribution is -2.31. The van der Waals surface area contributed by atoms with Crippen molar-refractivity contribution in [3.05, 3.63) is 29.3 Å². The number of para-hydroxylation sites is 1. The van der Waals surface area contributed by atoms with Crippen molar-refractivity contribution in [2.75, 3.05) is 26.0 Å². The van der Waals surface area contributed by atoms with Gasteiger partial charge in [0.15, 0.2) is 0 Å². The zero-order valence-electron chi connectivity index (χ0n) is 10.6. The molecule has 0 N–H and O–H groups in total. The number of nitrogens with zero attached hydrogens (tertiary/aromatic N) is 2. The van der Waals surface area contributed by atoms with Crippen LogP contribution in [-0.2, 0) is 0 Å². The van der Waals surface area contributed by atoms with Crippen molar-refractivity contribution in [1.82, 2.24) is 0 Å². The molecule has 1 aromatic carbocycles. The van der Waals surface area contributed by atoms with Crippen molar-refractivity contribution in [3.63, 3.8) is 0 Å². The van der Waals surface area contributed by atoms with E-state index >= 15 is 0 Å². The maximum atomic E-state index is 2.24. The molecule has 0 aliphatic rings. The first-order chi connectivity index (χ1) is 6.95. The lowest BCUT2D eigenvalue weighted by atomic mass is 10.1. The van der Waals surface area contributed by atoms with Gasteiger partial charge in [-0.3, -0.25) is 4.58 Å². The van der Waals surface area contributed by atoms with Crippen LogP contribution < -0.4 is 4.90 Å². The molecule has 0 saturated carbocycles. The number of anilines is 1. The van der Waals surface area contributed by atoms with E-state index in [1.54, 1.807) is 0 Å². The minimum Gasteiger partial charge on any atom is -0.271 e. The molecule has 0 aromatic heterocycles. The number of benzene rings is 1. The predicted molar refractivity (Wildman–Crippen MR) is 67.1 cm³/mol. The van der Waals surface area contributed by atoms with Gasteiger partial charge in [-0.25, -0.2) is 4.90 Å². The van der Waals surface area contributed by atoms with E-state index in [0.717, 1.165) is 0 Å². The summed E-state index contributed by atoms with van der Waals surface area (Å²) < 4.78 is 2.13. The van der Waals surface area contributed by atoms with Gasteiger partial charge in [-0.15, -0.1) is 0 Å². The second-order valence-electron chi connectivity index (χ2n) is 4.24. The maximum absolute atomic E-state index is 2.24. The summed E-state index contributed by atoms with van der Waals surface area (Å²) in [5, 5.41) is 0. The Balaban J connectivity index is 3.23. The summed E-state index contributed by atoms with van der Waals surface area (Å²) in [7, 11) is 6.25.